The second kappa shape index (κ2) is 9.21. The zero-order chi connectivity index (χ0) is 21.9. The van der Waals surface area contributed by atoms with Crippen LogP contribution >= 0.6 is 11.3 Å². The highest BCUT2D eigenvalue weighted by molar-refractivity contribution is 7.89. The normalized spacial score (nSPS) is 17.3. The van der Waals surface area contributed by atoms with Gasteiger partial charge in [0.15, 0.2) is 0 Å². The fourth-order valence-corrected chi connectivity index (χ4v) is 5.54. The second-order valence-electron chi connectivity index (χ2n) is 6.94. The molecular weight excluding hydrogens is 431 g/mol. The number of sulfonamides is 1. The molecule has 11 heteroatoms. The number of benzene rings is 1. The number of rotatable bonds is 6. The second-order valence-corrected chi connectivity index (χ2v) is 9.79. The van der Waals surface area contributed by atoms with E-state index in [-0.39, 0.29) is 22.9 Å². The summed E-state index contributed by atoms with van der Waals surface area (Å²) in [6, 6.07) is 5.77. The maximum Gasteiger partial charge on any atom is 0.251 e. The molecule has 0 bridgehead atoms. The zero-order valence-electron chi connectivity index (χ0n) is 16.4. The van der Waals surface area contributed by atoms with Crippen molar-refractivity contribution in [3.05, 3.63) is 47.1 Å². The van der Waals surface area contributed by atoms with E-state index in [1.807, 2.05) is 4.90 Å². The van der Waals surface area contributed by atoms with Gasteiger partial charge < -0.3 is 11.1 Å². The van der Waals surface area contributed by atoms with Gasteiger partial charge in [-0.2, -0.15) is 4.31 Å². The van der Waals surface area contributed by atoms with Crippen LogP contribution in [0.3, 0.4) is 0 Å². The van der Waals surface area contributed by atoms with Crippen LogP contribution in [0.4, 0.5) is 9.39 Å². The van der Waals surface area contributed by atoms with Crippen LogP contribution in [-0.2, 0) is 14.8 Å². The van der Waals surface area contributed by atoms with Gasteiger partial charge in [-0.3, -0.25) is 14.5 Å². The fourth-order valence-electron chi connectivity index (χ4n) is 3.28. The van der Waals surface area contributed by atoms with E-state index >= 15 is 0 Å². The highest BCUT2D eigenvalue weighted by atomic mass is 32.2. The number of primary amides is 1. The van der Waals surface area contributed by atoms with Crippen molar-refractivity contribution in [1.29, 1.82) is 0 Å². The average Bonchev–Trinajstić information content (AvgIpc) is 3.02. The molecule has 1 atom stereocenters. The third-order valence-corrected chi connectivity index (χ3v) is 7.78. The van der Waals surface area contributed by atoms with Gasteiger partial charge in [-0.05, 0) is 49.1 Å². The Morgan fingerprint density at radius 2 is 1.83 bits per heavy atom. The minimum absolute atomic E-state index is 0.0415. The Kier molecular flexibility index (Phi) is 6.86. The van der Waals surface area contributed by atoms with Crippen molar-refractivity contribution < 1.29 is 22.4 Å². The number of carbonyl (C=O) groups is 2. The Morgan fingerprint density at radius 3 is 2.50 bits per heavy atom. The predicted octanol–water partition coefficient (Wildman–Crippen LogP) is 1.71. The molecule has 8 nitrogen and oxygen atoms in total. The molecule has 1 aromatic carbocycles. The third kappa shape index (κ3) is 4.86. The Labute approximate surface area is 178 Å². The molecule has 0 radical (unpaired) electrons. The van der Waals surface area contributed by atoms with Crippen LogP contribution in [0.2, 0.25) is 0 Å². The molecule has 30 heavy (non-hydrogen) atoms. The van der Waals surface area contributed by atoms with Crippen molar-refractivity contribution in [1.82, 2.24) is 9.21 Å². The summed E-state index contributed by atoms with van der Waals surface area (Å²) >= 11 is 1.21. The molecule has 0 unspecified atom stereocenters. The third-order valence-electron chi connectivity index (χ3n) is 5.04. The SMILES string of the molecule is C[C@@H](C(=O)Nc1sccc1C(N)=O)N1CCCN(S(=O)(=O)c2ccc(F)cc2)CC1. The first-order valence-corrected chi connectivity index (χ1v) is 11.7. The quantitative estimate of drug-likeness (QED) is 0.690. The molecule has 0 aliphatic carbocycles. The largest absolute Gasteiger partial charge is 0.366 e. The maximum absolute atomic E-state index is 13.1. The summed E-state index contributed by atoms with van der Waals surface area (Å²) in [5, 5.41) is 4.80. The van der Waals surface area contributed by atoms with Gasteiger partial charge in [-0.15, -0.1) is 11.3 Å². The lowest BCUT2D eigenvalue weighted by Gasteiger charge is -2.26. The van der Waals surface area contributed by atoms with Crippen molar-refractivity contribution >= 4 is 38.2 Å². The standard InChI is InChI=1S/C19H23FN4O4S2/c1-13(18(26)22-19-16(17(21)25)7-12-29-19)23-8-2-9-24(11-10-23)30(27,28)15-5-3-14(20)4-6-15/h3-7,12-13H,2,8-11H2,1H3,(H2,21,25)(H,22,26)/t13-/m0/s1. The summed E-state index contributed by atoms with van der Waals surface area (Å²) in [5.74, 6) is -1.41. The van der Waals surface area contributed by atoms with Gasteiger partial charge in [0, 0.05) is 26.2 Å². The number of amides is 2. The Hall–Kier alpha value is -2.34. The van der Waals surface area contributed by atoms with Crippen LogP contribution in [-0.4, -0.2) is 61.7 Å². The monoisotopic (exact) mass is 454 g/mol. The van der Waals surface area contributed by atoms with E-state index in [9.17, 15) is 22.4 Å². The highest BCUT2D eigenvalue weighted by Crippen LogP contribution is 2.24. The lowest BCUT2D eigenvalue weighted by Crippen LogP contribution is -2.44. The number of hydrogen-bond acceptors (Lipinski definition) is 6. The van der Waals surface area contributed by atoms with Gasteiger partial charge in [0.05, 0.1) is 16.5 Å². The fraction of sp³-hybridized carbons (Fsp3) is 0.368. The van der Waals surface area contributed by atoms with Crippen molar-refractivity contribution in [2.75, 3.05) is 31.5 Å². The van der Waals surface area contributed by atoms with E-state index in [1.165, 1.54) is 27.8 Å². The van der Waals surface area contributed by atoms with E-state index in [2.05, 4.69) is 5.32 Å². The van der Waals surface area contributed by atoms with Crippen LogP contribution in [0.5, 0.6) is 0 Å². The van der Waals surface area contributed by atoms with Gasteiger partial charge in [0.25, 0.3) is 5.91 Å². The van der Waals surface area contributed by atoms with Gasteiger partial charge in [-0.1, -0.05) is 0 Å². The summed E-state index contributed by atoms with van der Waals surface area (Å²) in [6.07, 6.45) is 0.545. The lowest BCUT2D eigenvalue weighted by molar-refractivity contribution is -0.120. The molecule has 1 aliphatic rings. The molecule has 1 saturated heterocycles. The zero-order valence-corrected chi connectivity index (χ0v) is 18.0. The summed E-state index contributed by atoms with van der Waals surface area (Å²) in [7, 11) is -3.74. The molecule has 1 aromatic heterocycles. The van der Waals surface area contributed by atoms with Gasteiger partial charge >= 0.3 is 0 Å². The Balaban J connectivity index is 1.65. The van der Waals surface area contributed by atoms with Crippen LogP contribution in [0.15, 0.2) is 40.6 Å². The summed E-state index contributed by atoms with van der Waals surface area (Å²) < 4.78 is 40.2. The molecule has 2 heterocycles. The number of carbonyl (C=O) groups excluding carboxylic acids is 2. The van der Waals surface area contributed by atoms with Crippen molar-refractivity contribution in [2.45, 2.75) is 24.3 Å². The summed E-state index contributed by atoms with van der Waals surface area (Å²) in [4.78, 5) is 26.0. The highest BCUT2D eigenvalue weighted by Gasteiger charge is 2.30. The first-order chi connectivity index (χ1) is 14.2. The van der Waals surface area contributed by atoms with Gasteiger partial charge in [0.2, 0.25) is 15.9 Å². The topological polar surface area (TPSA) is 113 Å². The van der Waals surface area contributed by atoms with E-state index < -0.39 is 27.8 Å². The van der Waals surface area contributed by atoms with Gasteiger partial charge in [-0.25, -0.2) is 12.8 Å². The first-order valence-electron chi connectivity index (χ1n) is 9.38. The molecule has 2 amide bonds. The summed E-state index contributed by atoms with van der Waals surface area (Å²) in [6.45, 7) is 3.15. The van der Waals surface area contributed by atoms with E-state index in [1.54, 1.807) is 18.4 Å². The van der Waals surface area contributed by atoms with E-state index in [4.69, 9.17) is 5.73 Å². The average molecular weight is 455 g/mol. The number of halogens is 1. The van der Waals surface area contributed by atoms with Crippen molar-refractivity contribution in [3.8, 4) is 0 Å². The molecule has 162 valence electrons. The van der Waals surface area contributed by atoms with Crippen LogP contribution < -0.4 is 11.1 Å². The minimum Gasteiger partial charge on any atom is -0.366 e. The van der Waals surface area contributed by atoms with Crippen molar-refractivity contribution in [2.24, 2.45) is 5.73 Å². The number of nitrogens with two attached hydrogens (primary N) is 1. The number of thiophene rings is 1. The minimum atomic E-state index is -3.74. The molecule has 0 spiro atoms. The van der Waals surface area contributed by atoms with Gasteiger partial charge in [0.1, 0.15) is 10.8 Å². The first kappa shape index (κ1) is 22.3. The van der Waals surface area contributed by atoms with Crippen LogP contribution in [0, 0.1) is 5.82 Å². The molecule has 1 aliphatic heterocycles. The van der Waals surface area contributed by atoms with Crippen LogP contribution in [0.25, 0.3) is 0 Å². The molecule has 2 aromatic rings. The lowest BCUT2D eigenvalue weighted by atomic mass is 10.2. The Bertz CT molecular complexity index is 1020. The molecule has 3 rings (SSSR count). The van der Waals surface area contributed by atoms with Crippen LogP contribution in [0.1, 0.15) is 23.7 Å². The summed E-state index contributed by atoms with van der Waals surface area (Å²) in [5.41, 5.74) is 5.57. The molecular formula is C19H23FN4O4S2. The number of nitrogens with one attached hydrogen (secondary N) is 1. The number of anilines is 1. The van der Waals surface area contributed by atoms with Crippen molar-refractivity contribution in [3.63, 3.8) is 0 Å². The van der Waals surface area contributed by atoms with E-state index in [0.717, 1.165) is 12.1 Å². The van der Waals surface area contributed by atoms with E-state index in [0.29, 0.717) is 31.1 Å². The number of hydrogen-bond donors (Lipinski definition) is 2. The predicted molar refractivity (Wildman–Crippen MR) is 112 cm³/mol. The molecule has 0 saturated carbocycles. The molecule has 1 fully saturated rings. The Morgan fingerprint density at radius 1 is 1.13 bits per heavy atom. The number of nitrogens with zero attached hydrogens (tertiary/aromatic N) is 2. The smallest absolute Gasteiger partial charge is 0.251 e. The molecule has 3 N–H and O–H groups in total. The maximum atomic E-state index is 13.1.